The molecule has 0 spiro atoms. The van der Waals surface area contributed by atoms with Gasteiger partial charge in [0, 0.05) is 34.5 Å². The van der Waals surface area contributed by atoms with Crippen molar-refractivity contribution < 1.29 is 27.0 Å². The summed E-state index contributed by atoms with van der Waals surface area (Å²) in [7, 11) is -3.78. The number of aliphatic hydroxyl groups is 1. The van der Waals surface area contributed by atoms with E-state index < -0.39 is 28.3 Å². The number of sulfone groups is 1. The molecule has 1 N–H and O–H groups in total. The highest BCUT2D eigenvalue weighted by Gasteiger charge is 2.50. The van der Waals surface area contributed by atoms with Crippen LogP contribution in [0.3, 0.4) is 0 Å². The van der Waals surface area contributed by atoms with E-state index >= 15 is 0 Å². The van der Waals surface area contributed by atoms with E-state index in [0.717, 1.165) is 6.26 Å². The molecule has 24 heavy (non-hydrogen) atoms. The van der Waals surface area contributed by atoms with Gasteiger partial charge < -0.3 is 9.84 Å². The number of aromatic nitrogens is 1. The number of hydrogen-bond donors (Lipinski definition) is 1. The van der Waals surface area contributed by atoms with E-state index in [9.17, 15) is 22.3 Å². The Morgan fingerprint density at radius 3 is 2.71 bits per heavy atom. The highest BCUT2D eigenvalue weighted by Crippen LogP contribution is 2.49. The summed E-state index contributed by atoms with van der Waals surface area (Å²) in [5, 5.41) is 9.90. The lowest BCUT2D eigenvalue weighted by molar-refractivity contribution is -0.0976. The molecule has 3 rings (SSSR count). The predicted molar refractivity (Wildman–Crippen MR) is 85.2 cm³/mol. The molecule has 128 valence electrons. The second kappa shape index (κ2) is 5.75. The maximum absolute atomic E-state index is 14.0. The first-order valence-electron chi connectivity index (χ1n) is 6.80. The summed E-state index contributed by atoms with van der Waals surface area (Å²) in [4.78, 5) is 3.59. The first-order chi connectivity index (χ1) is 11.1. The fourth-order valence-electron chi connectivity index (χ4n) is 2.64. The lowest BCUT2D eigenvalue weighted by Crippen LogP contribution is -2.22. The average Bonchev–Trinajstić information content (AvgIpc) is 2.70. The molecule has 0 saturated heterocycles. The highest BCUT2D eigenvalue weighted by molar-refractivity contribution is 9.10. The van der Waals surface area contributed by atoms with E-state index in [-0.39, 0.29) is 21.8 Å². The van der Waals surface area contributed by atoms with Crippen molar-refractivity contribution in [3.8, 4) is 11.5 Å². The molecule has 1 aliphatic rings. The van der Waals surface area contributed by atoms with Crippen molar-refractivity contribution in [1.29, 1.82) is 0 Å². The van der Waals surface area contributed by atoms with Gasteiger partial charge in [-0.25, -0.2) is 17.2 Å². The zero-order chi connectivity index (χ0) is 17.7. The molecule has 0 unspecified atom stereocenters. The molecule has 2 aromatic rings. The third-order valence-electron chi connectivity index (χ3n) is 3.67. The van der Waals surface area contributed by atoms with Gasteiger partial charge in [0.05, 0.1) is 11.1 Å². The minimum atomic E-state index is -3.78. The number of pyridine rings is 1. The van der Waals surface area contributed by atoms with Crippen molar-refractivity contribution in [3.05, 3.63) is 46.2 Å². The van der Waals surface area contributed by atoms with Crippen LogP contribution in [0, 0.1) is 0 Å². The quantitative estimate of drug-likeness (QED) is 0.825. The maximum Gasteiger partial charge on any atom is 0.281 e. The van der Waals surface area contributed by atoms with Gasteiger partial charge in [0.2, 0.25) is 0 Å². The number of aliphatic hydroxyl groups excluding tert-OH is 1. The minimum absolute atomic E-state index is 0.0181. The zero-order valence-electron chi connectivity index (χ0n) is 12.3. The maximum atomic E-state index is 14.0. The molecule has 0 bridgehead atoms. The topological polar surface area (TPSA) is 76.5 Å². The highest BCUT2D eigenvalue weighted by atomic mass is 79.9. The Balaban J connectivity index is 2.14. The van der Waals surface area contributed by atoms with Crippen LogP contribution in [0.25, 0.3) is 0 Å². The van der Waals surface area contributed by atoms with E-state index in [1.165, 1.54) is 24.5 Å². The SMILES string of the molecule is CS(=O)(=O)c1ccc(Oc2cncc(Br)c2)c2c1[C@H](O)C(F)(F)C2. The van der Waals surface area contributed by atoms with Gasteiger partial charge in [-0.3, -0.25) is 4.98 Å². The van der Waals surface area contributed by atoms with E-state index in [1.807, 2.05) is 0 Å². The first-order valence-corrected chi connectivity index (χ1v) is 9.48. The summed E-state index contributed by atoms with van der Waals surface area (Å²) in [6.45, 7) is 0. The molecule has 1 atom stereocenters. The summed E-state index contributed by atoms with van der Waals surface area (Å²) in [6, 6.07) is 4.07. The summed E-state index contributed by atoms with van der Waals surface area (Å²) in [5.41, 5.74) is -0.321. The van der Waals surface area contributed by atoms with Gasteiger partial charge in [0.15, 0.2) is 9.84 Å². The standard InChI is InChI=1S/C15H12BrF2NO4S/c1-24(21,22)12-3-2-11(23-9-4-8(16)6-19-7-9)10-5-15(17,18)14(20)13(10)12/h2-4,6-7,14,20H,5H2,1H3/t14-/m0/s1. The van der Waals surface area contributed by atoms with Crippen LogP contribution in [0.4, 0.5) is 8.78 Å². The molecule has 1 aromatic heterocycles. The number of ether oxygens (including phenoxy) is 1. The molecule has 0 saturated carbocycles. The van der Waals surface area contributed by atoms with E-state index in [1.54, 1.807) is 6.07 Å². The fourth-order valence-corrected chi connectivity index (χ4v) is 3.94. The Kier molecular flexibility index (Phi) is 4.13. The number of alkyl halides is 2. The molecule has 1 aliphatic carbocycles. The number of fused-ring (bicyclic) bond motifs is 1. The van der Waals surface area contributed by atoms with Crippen LogP contribution in [-0.4, -0.2) is 30.7 Å². The van der Waals surface area contributed by atoms with Crippen molar-refractivity contribution in [2.24, 2.45) is 0 Å². The molecule has 0 fully saturated rings. The zero-order valence-corrected chi connectivity index (χ0v) is 14.7. The smallest absolute Gasteiger partial charge is 0.281 e. The van der Waals surface area contributed by atoms with Gasteiger partial charge in [-0.15, -0.1) is 0 Å². The van der Waals surface area contributed by atoms with E-state index in [4.69, 9.17) is 4.74 Å². The van der Waals surface area contributed by atoms with Crippen LogP contribution >= 0.6 is 15.9 Å². The fraction of sp³-hybridized carbons (Fsp3) is 0.267. The Bertz CT molecular complexity index is 918. The van der Waals surface area contributed by atoms with Gasteiger partial charge in [-0.1, -0.05) is 0 Å². The third-order valence-corrected chi connectivity index (χ3v) is 5.26. The number of nitrogens with zero attached hydrogens (tertiary/aromatic N) is 1. The summed E-state index contributed by atoms with van der Waals surface area (Å²) in [5.74, 6) is -3.10. The summed E-state index contributed by atoms with van der Waals surface area (Å²) in [6.07, 6.45) is 0.836. The molecule has 1 heterocycles. The molecule has 5 nitrogen and oxygen atoms in total. The monoisotopic (exact) mass is 419 g/mol. The van der Waals surface area contributed by atoms with Crippen molar-refractivity contribution in [1.82, 2.24) is 4.98 Å². The van der Waals surface area contributed by atoms with Crippen LogP contribution in [0.5, 0.6) is 11.5 Å². The van der Waals surface area contributed by atoms with Crippen molar-refractivity contribution in [2.45, 2.75) is 23.3 Å². The van der Waals surface area contributed by atoms with Crippen molar-refractivity contribution in [2.75, 3.05) is 6.26 Å². The summed E-state index contributed by atoms with van der Waals surface area (Å²) >= 11 is 3.22. The lowest BCUT2D eigenvalue weighted by atomic mass is 10.1. The lowest BCUT2D eigenvalue weighted by Gasteiger charge is -2.15. The Labute approximate surface area is 145 Å². The number of benzene rings is 1. The van der Waals surface area contributed by atoms with Gasteiger partial charge in [-0.05, 0) is 34.1 Å². The van der Waals surface area contributed by atoms with E-state index in [0.29, 0.717) is 10.2 Å². The van der Waals surface area contributed by atoms with E-state index in [2.05, 4.69) is 20.9 Å². The molecule has 0 aliphatic heterocycles. The molecule has 1 aromatic carbocycles. The molecule has 0 amide bonds. The molecular weight excluding hydrogens is 408 g/mol. The molecule has 0 radical (unpaired) electrons. The van der Waals surface area contributed by atoms with Gasteiger partial charge in [0.25, 0.3) is 5.92 Å². The predicted octanol–water partition coefficient (Wildman–Crippen LogP) is 3.26. The van der Waals surface area contributed by atoms with Crippen LogP contribution in [0.2, 0.25) is 0 Å². The third kappa shape index (κ3) is 3.03. The second-order valence-electron chi connectivity index (χ2n) is 5.51. The van der Waals surface area contributed by atoms with Gasteiger partial charge >= 0.3 is 0 Å². The average molecular weight is 420 g/mol. The number of halogens is 3. The Morgan fingerprint density at radius 2 is 2.08 bits per heavy atom. The molecular formula is C15H12BrF2NO4S. The van der Waals surface area contributed by atoms with Crippen LogP contribution < -0.4 is 4.74 Å². The second-order valence-corrected chi connectivity index (χ2v) is 8.41. The first kappa shape index (κ1) is 17.2. The van der Waals surface area contributed by atoms with Crippen LogP contribution in [0.1, 0.15) is 17.2 Å². The minimum Gasteiger partial charge on any atom is -0.455 e. The van der Waals surface area contributed by atoms with Crippen molar-refractivity contribution in [3.63, 3.8) is 0 Å². The normalized spacial score (nSPS) is 19.1. The number of hydrogen-bond acceptors (Lipinski definition) is 5. The van der Waals surface area contributed by atoms with Gasteiger partial charge in [0.1, 0.15) is 17.6 Å². The van der Waals surface area contributed by atoms with Crippen LogP contribution in [0.15, 0.2) is 40.0 Å². The largest absolute Gasteiger partial charge is 0.455 e. The Morgan fingerprint density at radius 1 is 1.38 bits per heavy atom. The van der Waals surface area contributed by atoms with Gasteiger partial charge in [-0.2, -0.15) is 0 Å². The number of rotatable bonds is 3. The van der Waals surface area contributed by atoms with Crippen LogP contribution in [-0.2, 0) is 16.3 Å². The van der Waals surface area contributed by atoms with Crippen molar-refractivity contribution >= 4 is 25.8 Å². The Hall–Kier alpha value is -1.58. The molecule has 9 heteroatoms. The summed E-state index contributed by atoms with van der Waals surface area (Å²) < 4.78 is 57.8.